The SMILES string of the molecule is Cl.O=S(=O)(Nc1nccc2ccccc12)c1c(Br)nc2sccn12. The predicted molar refractivity (Wildman–Crippen MR) is 101 cm³/mol. The van der Waals surface area contributed by atoms with Crippen LogP contribution < -0.4 is 4.72 Å². The van der Waals surface area contributed by atoms with E-state index in [2.05, 4.69) is 30.6 Å². The molecule has 4 aromatic rings. The van der Waals surface area contributed by atoms with Gasteiger partial charge in [0.15, 0.2) is 9.99 Å². The first-order chi connectivity index (χ1) is 11.1. The minimum absolute atomic E-state index is 0. The van der Waals surface area contributed by atoms with Gasteiger partial charge in [0.25, 0.3) is 10.0 Å². The maximum absolute atomic E-state index is 12.8. The second-order valence-corrected chi connectivity index (χ2v) is 7.97. The quantitative estimate of drug-likeness (QED) is 0.518. The Morgan fingerprint density at radius 2 is 2.00 bits per heavy atom. The van der Waals surface area contributed by atoms with Crippen LogP contribution in [-0.2, 0) is 10.0 Å². The van der Waals surface area contributed by atoms with Gasteiger partial charge in [-0.2, -0.15) is 8.42 Å². The largest absolute Gasteiger partial charge is 0.281 e. The molecule has 4 rings (SSSR count). The first-order valence-electron chi connectivity index (χ1n) is 6.54. The molecule has 0 fully saturated rings. The van der Waals surface area contributed by atoms with Crippen molar-refractivity contribution in [2.75, 3.05) is 4.72 Å². The van der Waals surface area contributed by atoms with Crippen LogP contribution in [0.25, 0.3) is 15.7 Å². The van der Waals surface area contributed by atoms with E-state index < -0.39 is 10.0 Å². The van der Waals surface area contributed by atoms with Crippen LogP contribution >= 0.6 is 39.7 Å². The zero-order chi connectivity index (χ0) is 16.0. The number of sulfonamides is 1. The van der Waals surface area contributed by atoms with Gasteiger partial charge < -0.3 is 0 Å². The third-order valence-corrected chi connectivity index (χ3v) is 6.27. The van der Waals surface area contributed by atoms with Gasteiger partial charge in [0, 0.05) is 23.2 Å². The molecule has 124 valence electrons. The van der Waals surface area contributed by atoms with Crippen LogP contribution in [0.5, 0.6) is 0 Å². The molecule has 0 atom stereocenters. The fraction of sp³-hybridized carbons (Fsp3) is 0. The summed E-state index contributed by atoms with van der Waals surface area (Å²) < 4.78 is 30.0. The first-order valence-corrected chi connectivity index (χ1v) is 9.69. The van der Waals surface area contributed by atoms with Crippen LogP contribution in [0.2, 0.25) is 0 Å². The summed E-state index contributed by atoms with van der Waals surface area (Å²) >= 11 is 4.58. The number of fused-ring (bicyclic) bond motifs is 2. The molecule has 24 heavy (non-hydrogen) atoms. The Kier molecular flexibility index (Phi) is 4.52. The van der Waals surface area contributed by atoms with Gasteiger partial charge in [-0.3, -0.25) is 9.12 Å². The molecule has 0 aliphatic heterocycles. The molecule has 1 aromatic carbocycles. The van der Waals surface area contributed by atoms with Crippen molar-refractivity contribution < 1.29 is 8.42 Å². The highest BCUT2D eigenvalue weighted by molar-refractivity contribution is 9.10. The van der Waals surface area contributed by atoms with E-state index in [0.29, 0.717) is 10.8 Å². The van der Waals surface area contributed by atoms with Gasteiger partial charge in [-0.25, -0.2) is 9.97 Å². The third kappa shape index (κ3) is 2.77. The van der Waals surface area contributed by atoms with E-state index >= 15 is 0 Å². The second-order valence-electron chi connectivity index (χ2n) is 4.75. The van der Waals surface area contributed by atoms with E-state index in [-0.39, 0.29) is 22.0 Å². The van der Waals surface area contributed by atoms with E-state index in [1.165, 1.54) is 15.7 Å². The number of pyridine rings is 1. The summed E-state index contributed by atoms with van der Waals surface area (Å²) in [7, 11) is -3.84. The monoisotopic (exact) mass is 444 g/mol. The van der Waals surface area contributed by atoms with Crippen molar-refractivity contribution in [2.45, 2.75) is 5.03 Å². The predicted octanol–water partition coefficient (Wildman–Crippen LogP) is 3.93. The third-order valence-electron chi connectivity index (χ3n) is 3.34. The minimum atomic E-state index is -3.84. The molecule has 6 nitrogen and oxygen atoms in total. The molecule has 0 amide bonds. The number of imidazole rings is 1. The molecule has 1 N–H and O–H groups in total. The molecule has 0 bridgehead atoms. The average Bonchev–Trinajstić information content (AvgIpc) is 3.06. The Bertz CT molecular complexity index is 1130. The molecule has 0 aliphatic rings. The number of nitrogens with one attached hydrogen (secondary N) is 1. The van der Waals surface area contributed by atoms with Gasteiger partial charge in [0.2, 0.25) is 0 Å². The summed E-state index contributed by atoms with van der Waals surface area (Å²) in [5.74, 6) is 0.292. The molecular weight excluding hydrogens is 436 g/mol. The van der Waals surface area contributed by atoms with Crippen LogP contribution in [0.1, 0.15) is 0 Å². The van der Waals surface area contributed by atoms with Crippen molar-refractivity contribution in [3.63, 3.8) is 0 Å². The van der Waals surface area contributed by atoms with Crippen LogP contribution in [0, 0.1) is 0 Å². The van der Waals surface area contributed by atoms with Crippen molar-refractivity contribution in [3.8, 4) is 0 Å². The second kappa shape index (κ2) is 6.32. The lowest BCUT2D eigenvalue weighted by Gasteiger charge is -2.09. The number of benzene rings is 1. The molecule has 0 saturated heterocycles. The Balaban J connectivity index is 0.00000169. The van der Waals surface area contributed by atoms with E-state index in [9.17, 15) is 8.42 Å². The first kappa shape index (κ1) is 17.2. The minimum Gasteiger partial charge on any atom is -0.278 e. The van der Waals surface area contributed by atoms with E-state index in [1.54, 1.807) is 17.8 Å². The summed E-state index contributed by atoms with van der Waals surface area (Å²) in [6.45, 7) is 0. The molecule has 0 aliphatic carbocycles. The normalized spacial score (nSPS) is 11.5. The zero-order valence-electron chi connectivity index (χ0n) is 11.9. The molecule has 0 spiro atoms. The summed E-state index contributed by atoms with van der Waals surface area (Å²) in [6, 6.07) is 9.29. The molecule has 0 saturated carbocycles. The number of thiazole rings is 1. The fourth-order valence-corrected chi connectivity index (χ4v) is 5.43. The summed E-state index contributed by atoms with van der Waals surface area (Å²) in [5, 5.41) is 3.49. The standard InChI is InChI=1S/C14H9BrN4O2S2.ClH/c15-11-13(19-7-8-22-14(19)17-11)23(20,21)18-12-10-4-2-1-3-9(10)5-6-16-12;/h1-8H,(H,16,18);1H. The van der Waals surface area contributed by atoms with Gasteiger partial charge in [-0.15, -0.1) is 23.7 Å². The zero-order valence-corrected chi connectivity index (χ0v) is 15.9. The lowest BCUT2D eigenvalue weighted by atomic mass is 10.2. The topological polar surface area (TPSA) is 76.4 Å². The van der Waals surface area contributed by atoms with Gasteiger partial charge >= 0.3 is 0 Å². The van der Waals surface area contributed by atoms with Crippen molar-refractivity contribution >= 4 is 71.2 Å². The van der Waals surface area contributed by atoms with Crippen LogP contribution in [0.4, 0.5) is 5.82 Å². The Labute approximate surface area is 156 Å². The summed E-state index contributed by atoms with van der Waals surface area (Å²) in [4.78, 5) is 8.97. The van der Waals surface area contributed by atoms with E-state index in [1.807, 2.05) is 30.3 Å². The highest BCUT2D eigenvalue weighted by atomic mass is 79.9. The maximum Gasteiger partial charge on any atom is 0.281 e. The fourth-order valence-electron chi connectivity index (χ4n) is 2.36. The van der Waals surface area contributed by atoms with Crippen molar-refractivity contribution in [2.24, 2.45) is 0 Å². The number of nitrogens with zero attached hydrogens (tertiary/aromatic N) is 3. The Hall–Kier alpha value is -1.68. The van der Waals surface area contributed by atoms with E-state index in [4.69, 9.17) is 0 Å². The number of aromatic nitrogens is 3. The van der Waals surface area contributed by atoms with Crippen LogP contribution in [0.15, 0.2) is 57.7 Å². The van der Waals surface area contributed by atoms with Crippen molar-refractivity contribution in [1.82, 2.24) is 14.4 Å². The maximum atomic E-state index is 12.8. The average molecular weight is 446 g/mol. The van der Waals surface area contributed by atoms with Gasteiger partial charge in [-0.05, 0) is 27.4 Å². The van der Waals surface area contributed by atoms with Gasteiger partial charge in [0.05, 0.1) is 0 Å². The smallest absolute Gasteiger partial charge is 0.278 e. The van der Waals surface area contributed by atoms with Gasteiger partial charge in [0.1, 0.15) is 10.4 Å². The van der Waals surface area contributed by atoms with E-state index in [0.717, 1.165) is 10.8 Å². The molecule has 10 heteroatoms. The molecule has 0 unspecified atom stereocenters. The lowest BCUT2D eigenvalue weighted by molar-refractivity contribution is 0.596. The Morgan fingerprint density at radius 3 is 2.83 bits per heavy atom. The molecule has 3 aromatic heterocycles. The number of anilines is 1. The molecular formula is C14H10BrClN4O2S2. The highest BCUT2D eigenvalue weighted by Gasteiger charge is 2.25. The lowest BCUT2D eigenvalue weighted by Crippen LogP contribution is -2.16. The molecule has 3 heterocycles. The number of rotatable bonds is 3. The van der Waals surface area contributed by atoms with Crippen molar-refractivity contribution in [1.29, 1.82) is 0 Å². The summed E-state index contributed by atoms with van der Waals surface area (Å²) in [6.07, 6.45) is 3.24. The molecule has 0 radical (unpaired) electrons. The number of halogens is 2. The summed E-state index contributed by atoms with van der Waals surface area (Å²) in [5.41, 5.74) is 0. The van der Waals surface area contributed by atoms with Crippen LogP contribution in [0.3, 0.4) is 0 Å². The van der Waals surface area contributed by atoms with Crippen LogP contribution in [-0.4, -0.2) is 22.8 Å². The highest BCUT2D eigenvalue weighted by Crippen LogP contribution is 2.29. The number of hydrogen-bond acceptors (Lipinski definition) is 5. The Morgan fingerprint density at radius 1 is 1.21 bits per heavy atom. The van der Waals surface area contributed by atoms with Gasteiger partial charge in [-0.1, -0.05) is 24.3 Å². The number of hydrogen-bond donors (Lipinski definition) is 1. The van der Waals surface area contributed by atoms with Crippen molar-refractivity contribution in [3.05, 3.63) is 52.7 Å².